The first kappa shape index (κ1) is 20.4. The van der Waals surface area contributed by atoms with Crippen LogP contribution in [0.25, 0.3) is 0 Å². The van der Waals surface area contributed by atoms with Gasteiger partial charge in [-0.1, -0.05) is 42.5 Å². The van der Waals surface area contributed by atoms with E-state index >= 15 is 0 Å². The number of hydrogen-bond acceptors (Lipinski definition) is 4. The summed E-state index contributed by atoms with van der Waals surface area (Å²) in [5, 5.41) is 2.65. The van der Waals surface area contributed by atoms with Gasteiger partial charge in [-0.3, -0.25) is 14.5 Å². The van der Waals surface area contributed by atoms with Crippen molar-refractivity contribution in [3.05, 3.63) is 89.9 Å². The van der Waals surface area contributed by atoms with Gasteiger partial charge in [0.1, 0.15) is 12.3 Å². The molecule has 0 radical (unpaired) electrons. The van der Waals surface area contributed by atoms with Crippen LogP contribution in [-0.4, -0.2) is 29.3 Å². The highest BCUT2D eigenvalue weighted by atomic mass is 16.3. The summed E-state index contributed by atoms with van der Waals surface area (Å²) in [6.07, 6.45) is 1.44. The van der Waals surface area contributed by atoms with Gasteiger partial charge in [-0.2, -0.15) is 0 Å². The Hall–Kier alpha value is -3.87. The predicted octanol–water partition coefficient (Wildman–Crippen LogP) is 3.59. The highest BCUT2D eigenvalue weighted by Gasteiger charge is 2.51. The average Bonchev–Trinajstić information content (AvgIpc) is 3.37. The van der Waals surface area contributed by atoms with Gasteiger partial charge in [0.2, 0.25) is 5.91 Å². The van der Waals surface area contributed by atoms with Crippen molar-refractivity contribution in [2.45, 2.75) is 25.9 Å². The Kier molecular flexibility index (Phi) is 5.33. The van der Waals surface area contributed by atoms with Gasteiger partial charge >= 0.3 is 6.03 Å². The maximum absolute atomic E-state index is 13.3. The Balaban J connectivity index is 1.60. The standard InChI is InChI=1S/C24H23N3O4/c1-17-8-6-11-19(14-17)26(15-18-9-4-3-5-10-18)21(28)16-27-22(29)24(2,25-23(27)30)20-12-7-13-31-20/h3-14H,15-16H2,1-2H3,(H,25,30)/t24-/m0/s1. The number of aryl methyl sites for hydroxylation is 1. The number of imide groups is 1. The Bertz CT molecular complexity index is 1110. The quantitative estimate of drug-likeness (QED) is 0.622. The zero-order valence-electron chi connectivity index (χ0n) is 17.4. The van der Waals surface area contributed by atoms with E-state index < -0.39 is 17.5 Å². The molecule has 0 bridgehead atoms. The van der Waals surface area contributed by atoms with E-state index in [1.54, 1.807) is 24.0 Å². The van der Waals surface area contributed by atoms with Crippen LogP contribution in [0.15, 0.2) is 77.4 Å². The number of hydrogen-bond donors (Lipinski definition) is 1. The lowest BCUT2D eigenvalue weighted by molar-refractivity contribution is -0.134. The number of nitrogens with zero attached hydrogens (tertiary/aromatic N) is 2. The van der Waals surface area contributed by atoms with Crippen LogP contribution in [-0.2, 0) is 21.7 Å². The number of furan rings is 1. The zero-order chi connectivity index (χ0) is 22.0. The van der Waals surface area contributed by atoms with Crippen molar-refractivity contribution in [1.29, 1.82) is 0 Å². The van der Waals surface area contributed by atoms with Crippen LogP contribution in [0.1, 0.15) is 23.8 Å². The molecule has 4 amide bonds. The molecule has 0 aliphatic carbocycles. The average molecular weight is 417 g/mol. The molecule has 1 N–H and O–H groups in total. The molecule has 0 saturated carbocycles. The van der Waals surface area contributed by atoms with Gasteiger partial charge in [-0.25, -0.2) is 4.79 Å². The molecule has 4 rings (SSSR count). The third kappa shape index (κ3) is 3.94. The summed E-state index contributed by atoms with van der Waals surface area (Å²) in [5.41, 5.74) is 1.31. The highest BCUT2D eigenvalue weighted by Crippen LogP contribution is 2.29. The lowest BCUT2D eigenvalue weighted by Crippen LogP contribution is -2.44. The Labute approximate surface area is 180 Å². The lowest BCUT2D eigenvalue weighted by Gasteiger charge is -2.25. The summed E-state index contributed by atoms with van der Waals surface area (Å²) < 4.78 is 5.34. The van der Waals surface area contributed by atoms with Gasteiger partial charge in [0, 0.05) is 5.69 Å². The normalized spacial score (nSPS) is 18.2. The summed E-state index contributed by atoms with van der Waals surface area (Å²) in [6.45, 7) is 3.46. The number of urea groups is 1. The third-order valence-corrected chi connectivity index (χ3v) is 5.38. The SMILES string of the molecule is Cc1cccc(N(Cc2ccccc2)C(=O)CN2C(=O)N[C@@](C)(c3ccco3)C2=O)c1. The predicted molar refractivity (Wildman–Crippen MR) is 115 cm³/mol. The Morgan fingerprint density at radius 1 is 1.06 bits per heavy atom. The van der Waals surface area contributed by atoms with E-state index in [0.29, 0.717) is 18.0 Å². The number of benzene rings is 2. The van der Waals surface area contributed by atoms with Crippen molar-refractivity contribution >= 4 is 23.5 Å². The van der Waals surface area contributed by atoms with Crippen LogP contribution in [0.4, 0.5) is 10.5 Å². The first-order valence-electron chi connectivity index (χ1n) is 9.97. The van der Waals surface area contributed by atoms with Gasteiger partial charge in [0.25, 0.3) is 5.91 Å². The third-order valence-electron chi connectivity index (χ3n) is 5.38. The molecule has 0 spiro atoms. The molecule has 2 heterocycles. The minimum Gasteiger partial charge on any atom is -0.466 e. The van der Waals surface area contributed by atoms with Gasteiger partial charge in [-0.05, 0) is 49.2 Å². The van der Waals surface area contributed by atoms with E-state index in [2.05, 4.69) is 5.32 Å². The molecule has 7 nitrogen and oxygen atoms in total. The number of carbonyl (C=O) groups is 3. The monoisotopic (exact) mass is 417 g/mol. The van der Waals surface area contributed by atoms with Crippen molar-refractivity contribution in [2.24, 2.45) is 0 Å². The molecule has 2 aromatic carbocycles. The Morgan fingerprint density at radius 3 is 2.52 bits per heavy atom. The van der Waals surface area contributed by atoms with Crippen molar-refractivity contribution < 1.29 is 18.8 Å². The smallest absolute Gasteiger partial charge is 0.325 e. The molecule has 31 heavy (non-hydrogen) atoms. The van der Waals surface area contributed by atoms with E-state index in [-0.39, 0.29) is 12.5 Å². The minimum absolute atomic E-state index is 0.320. The second-order valence-electron chi connectivity index (χ2n) is 7.73. The Morgan fingerprint density at radius 2 is 1.84 bits per heavy atom. The molecule has 7 heteroatoms. The molecule has 1 aliphatic rings. The number of nitrogens with one attached hydrogen (secondary N) is 1. The van der Waals surface area contributed by atoms with E-state index in [1.165, 1.54) is 6.26 Å². The first-order chi connectivity index (χ1) is 14.9. The van der Waals surface area contributed by atoms with Gasteiger partial charge in [-0.15, -0.1) is 0 Å². The second-order valence-corrected chi connectivity index (χ2v) is 7.73. The van der Waals surface area contributed by atoms with Gasteiger partial charge < -0.3 is 14.6 Å². The summed E-state index contributed by atoms with van der Waals surface area (Å²) >= 11 is 0. The van der Waals surface area contributed by atoms with E-state index in [4.69, 9.17) is 4.42 Å². The van der Waals surface area contributed by atoms with Crippen LogP contribution >= 0.6 is 0 Å². The molecule has 3 aromatic rings. The molecular formula is C24H23N3O4. The molecule has 158 valence electrons. The molecule has 1 saturated heterocycles. The van der Waals surface area contributed by atoms with Crippen molar-refractivity contribution in [2.75, 3.05) is 11.4 Å². The molecular weight excluding hydrogens is 394 g/mol. The van der Waals surface area contributed by atoms with Gasteiger partial charge in [0.05, 0.1) is 12.8 Å². The van der Waals surface area contributed by atoms with E-state index in [9.17, 15) is 14.4 Å². The maximum Gasteiger partial charge on any atom is 0.325 e. The number of rotatable bonds is 6. The second kappa shape index (κ2) is 8.10. The fourth-order valence-corrected chi connectivity index (χ4v) is 3.68. The molecule has 1 aromatic heterocycles. The van der Waals surface area contributed by atoms with Crippen LogP contribution < -0.4 is 10.2 Å². The molecule has 0 unspecified atom stereocenters. The van der Waals surface area contributed by atoms with Crippen molar-refractivity contribution in [1.82, 2.24) is 10.2 Å². The molecule has 1 fully saturated rings. The van der Waals surface area contributed by atoms with Crippen molar-refractivity contribution in [3.63, 3.8) is 0 Å². The van der Waals surface area contributed by atoms with Crippen LogP contribution in [0.3, 0.4) is 0 Å². The highest BCUT2D eigenvalue weighted by molar-refractivity contribution is 6.10. The summed E-state index contributed by atoms with van der Waals surface area (Å²) in [6, 6.07) is 19.8. The van der Waals surface area contributed by atoms with Gasteiger partial charge in [0.15, 0.2) is 5.54 Å². The zero-order valence-corrected chi connectivity index (χ0v) is 17.4. The molecule has 1 atom stereocenters. The van der Waals surface area contributed by atoms with Crippen LogP contribution in [0.2, 0.25) is 0 Å². The largest absolute Gasteiger partial charge is 0.466 e. The fourth-order valence-electron chi connectivity index (χ4n) is 3.68. The first-order valence-corrected chi connectivity index (χ1v) is 9.97. The summed E-state index contributed by atoms with van der Waals surface area (Å²) in [5.74, 6) is -0.563. The number of anilines is 1. The van der Waals surface area contributed by atoms with Crippen LogP contribution in [0.5, 0.6) is 0 Å². The van der Waals surface area contributed by atoms with E-state index in [0.717, 1.165) is 16.0 Å². The molecule has 1 aliphatic heterocycles. The van der Waals surface area contributed by atoms with Crippen molar-refractivity contribution in [3.8, 4) is 0 Å². The number of carbonyl (C=O) groups excluding carboxylic acids is 3. The fraction of sp³-hybridized carbons (Fsp3) is 0.208. The lowest BCUT2D eigenvalue weighted by atomic mass is 9.99. The summed E-state index contributed by atoms with van der Waals surface area (Å²) in [4.78, 5) is 41.5. The topological polar surface area (TPSA) is 82.9 Å². The van der Waals surface area contributed by atoms with Crippen LogP contribution in [0, 0.1) is 6.92 Å². The van der Waals surface area contributed by atoms with E-state index in [1.807, 2.05) is 61.5 Å². The maximum atomic E-state index is 13.3. The minimum atomic E-state index is -1.34. The number of amides is 4. The summed E-state index contributed by atoms with van der Waals surface area (Å²) in [7, 11) is 0.